The van der Waals surface area contributed by atoms with Gasteiger partial charge in [-0.05, 0) is 55.9 Å². The molecule has 0 radical (unpaired) electrons. The van der Waals surface area contributed by atoms with Crippen molar-refractivity contribution in [3.8, 4) is 0 Å². The molecular formula is C17H23ClN2O3S. The van der Waals surface area contributed by atoms with Crippen LogP contribution in [0, 0.1) is 5.92 Å². The predicted octanol–water partition coefficient (Wildman–Crippen LogP) is 2.80. The lowest BCUT2D eigenvalue weighted by molar-refractivity contribution is -0.135. The van der Waals surface area contributed by atoms with Crippen molar-refractivity contribution in [1.82, 2.24) is 9.62 Å². The van der Waals surface area contributed by atoms with Gasteiger partial charge in [-0.15, -0.1) is 0 Å². The molecule has 5 nitrogen and oxygen atoms in total. The van der Waals surface area contributed by atoms with Crippen molar-refractivity contribution in [2.24, 2.45) is 5.92 Å². The van der Waals surface area contributed by atoms with Gasteiger partial charge in [0.05, 0.1) is 4.90 Å². The molecule has 1 N–H and O–H groups in total. The smallest absolute Gasteiger partial charge is 0.240 e. The summed E-state index contributed by atoms with van der Waals surface area (Å²) in [4.78, 5) is 14.6. The summed E-state index contributed by atoms with van der Waals surface area (Å²) in [5, 5.41) is 0.486. The van der Waals surface area contributed by atoms with Crippen LogP contribution in [0.25, 0.3) is 0 Å². The van der Waals surface area contributed by atoms with Gasteiger partial charge in [0.25, 0.3) is 0 Å². The molecule has 1 aromatic rings. The maximum Gasteiger partial charge on any atom is 0.240 e. The fourth-order valence-electron chi connectivity index (χ4n) is 3.90. The standard InChI is InChI=1S/C17H23ClN2O3S/c18-14-6-8-15(9-7-14)24(22,23)19-11-10-17(21)20-12-2-4-13-3-1-5-16(13)20/h6-9,13,16,19H,1-5,10-12H2/t13-,16-/m1/s1. The second-order valence-corrected chi connectivity index (χ2v) is 8.79. The highest BCUT2D eigenvalue weighted by atomic mass is 35.5. The van der Waals surface area contributed by atoms with E-state index >= 15 is 0 Å². The number of benzene rings is 1. The molecule has 7 heteroatoms. The molecule has 0 aromatic heterocycles. The molecule has 2 fully saturated rings. The molecule has 0 bridgehead atoms. The Morgan fingerprint density at radius 3 is 2.62 bits per heavy atom. The van der Waals surface area contributed by atoms with Gasteiger partial charge < -0.3 is 4.90 Å². The van der Waals surface area contributed by atoms with Crippen LogP contribution in [0.2, 0.25) is 5.02 Å². The zero-order chi connectivity index (χ0) is 17.2. The molecule has 1 saturated carbocycles. The van der Waals surface area contributed by atoms with Gasteiger partial charge in [0.15, 0.2) is 0 Å². The quantitative estimate of drug-likeness (QED) is 0.866. The number of carbonyl (C=O) groups excluding carboxylic acids is 1. The minimum Gasteiger partial charge on any atom is -0.339 e. The molecule has 1 aromatic carbocycles. The Labute approximate surface area is 148 Å². The average Bonchev–Trinajstić information content (AvgIpc) is 3.03. The maximum absolute atomic E-state index is 12.5. The number of hydrogen-bond donors (Lipinski definition) is 1. The molecular weight excluding hydrogens is 348 g/mol. The van der Waals surface area contributed by atoms with Gasteiger partial charge in [-0.1, -0.05) is 18.0 Å². The first-order valence-electron chi connectivity index (χ1n) is 8.52. The van der Waals surface area contributed by atoms with Crippen molar-refractivity contribution in [2.45, 2.75) is 49.5 Å². The van der Waals surface area contributed by atoms with Crippen LogP contribution in [0.4, 0.5) is 0 Å². The molecule has 2 atom stereocenters. The Balaban J connectivity index is 1.54. The number of halogens is 1. The third-order valence-electron chi connectivity index (χ3n) is 5.07. The van der Waals surface area contributed by atoms with E-state index in [1.807, 2.05) is 4.90 Å². The second-order valence-electron chi connectivity index (χ2n) is 6.59. The summed E-state index contributed by atoms with van der Waals surface area (Å²) in [5.74, 6) is 0.707. The Morgan fingerprint density at radius 1 is 1.17 bits per heavy atom. The Kier molecular flexibility index (Phi) is 5.47. The number of rotatable bonds is 5. The number of nitrogens with zero attached hydrogens (tertiary/aromatic N) is 1. The summed E-state index contributed by atoms with van der Waals surface area (Å²) >= 11 is 5.77. The lowest BCUT2D eigenvalue weighted by Gasteiger charge is -2.38. The second kappa shape index (κ2) is 7.42. The largest absolute Gasteiger partial charge is 0.339 e. The van der Waals surface area contributed by atoms with Gasteiger partial charge in [-0.2, -0.15) is 0 Å². The van der Waals surface area contributed by atoms with Crippen molar-refractivity contribution in [2.75, 3.05) is 13.1 Å². The first-order chi connectivity index (χ1) is 11.5. The normalized spacial score (nSPS) is 24.0. The van der Waals surface area contributed by atoms with Gasteiger partial charge in [0.1, 0.15) is 0 Å². The van der Waals surface area contributed by atoms with Gasteiger partial charge in [-0.25, -0.2) is 13.1 Å². The van der Waals surface area contributed by atoms with E-state index in [1.54, 1.807) is 0 Å². The van der Waals surface area contributed by atoms with E-state index in [0.717, 1.165) is 19.4 Å². The molecule has 132 valence electrons. The van der Waals surface area contributed by atoms with Crippen molar-refractivity contribution < 1.29 is 13.2 Å². The Morgan fingerprint density at radius 2 is 1.88 bits per heavy atom. The van der Waals surface area contributed by atoms with Crippen LogP contribution in [0.1, 0.15) is 38.5 Å². The summed E-state index contributed by atoms with van der Waals surface area (Å²) in [6.07, 6.45) is 5.99. The number of hydrogen-bond acceptors (Lipinski definition) is 3. The van der Waals surface area contributed by atoms with Crippen LogP contribution in [0.5, 0.6) is 0 Å². The molecule has 2 aliphatic rings. The fraction of sp³-hybridized carbons (Fsp3) is 0.588. The predicted molar refractivity (Wildman–Crippen MR) is 93.3 cm³/mol. The minimum absolute atomic E-state index is 0.0606. The number of fused-ring (bicyclic) bond motifs is 1. The summed E-state index contributed by atoms with van der Waals surface area (Å²) < 4.78 is 26.9. The number of likely N-dealkylation sites (tertiary alicyclic amines) is 1. The Bertz CT molecular complexity index is 690. The summed E-state index contributed by atoms with van der Waals surface area (Å²) in [5.41, 5.74) is 0. The molecule has 1 aliphatic carbocycles. The highest BCUT2D eigenvalue weighted by Crippen LogP contribution is 2.36. The summed E-state index contributed by atoms with van der Waals surface area (Å²) in [6, 6.07) is 6.37. The highest BCUT2D eigenvalue weighted by molar-refractivity contribution is 7.89. The zero-order valence-corrected chi connectivity index (χ0v) is 15.2. The molecule has 1 amide bonds. The molecule has 3 rings (SSSR count). The summed E-state index contributed by atoms with van der Waals surface area (Å²) in [7, 11) is -3.60. The van der Waals surface area contributed by atoms with Crippen LogP contribution in [0.15, 0.2) is 29.2 Å². The summed E-state index contributed by atoms with van der Waals surface area (Å²) in [6.45, 7) is 0.932. The fourth-order valence-corrected chi connectivity index (χ4v) is 5.05. The van der Waals surface area contributed by atoms with Crippen LogP contribution in [0.3, 0.4) is 0 Å². The SMILES string of the molecule is O=C(CCNS(=O)(=O)c1ccc(Cl)cc1)N1CCC[C@H]2CCC[C@H]21. The topological polar surface area (TPSA) is 66.5 Å². The monoisotopic (exact) mass is 370 g/mol. The van der Waals surface area contributed by atoms with E-state index in [2.05, 4.69) is 4.72 Å². The molecule has 24 heavy (non-hydrogen) atoms. The molecule has 1 saturated heterocycles. The van der Waals surface area contributed by atoms with E-state index in [9.17, 15) is 13.2 Å². The maximum atomic E-state index is 12.5. The van der Waals surface area contributed by atoms with Crippen molar-refractivity contribution >= 4 is 27.5 Å². The zero-order valence-electron chi connectivity index (χ0n) is 13.6. The van der Waals surface area contributed by atoms with Crippen molar-refractivity contribution in [3.63, 3.8) is 0 Å². The third-order valence-corrected chi connectivity index (χ3v) is 6.80. The number of sulfonamides is 1. The van der Waals surface area contributed by atoms with E-state index < -0.39 is 10.0 Å². The van der Waals surface area contributed by atoms with E-state index in [4.69, 9.17) is 11.6 Å². The highest BCUT2D eigenvalue weighted by Gasteiger charge is 2.36. The number of carbonyl (C=O) groups is 1. The molecule has 0 spiro atoms. The number of amides is 1. The average molecular weight is 371 g/mol. The lowest BCUT2D eigenvalue weighted by atomic mass is 9.92. The molecule has 1 heterocycles. The molecule has 1 aliphatic heterocycles. The minimum atomic E-state index is -3.60. The van der Waals surface area contributed by atoms with Gasteiger partial charge in [0.2, 0.25) is 15.9 Å². The Hall–Kier alpha value is -1.11. The van der Waals surface area contributed by atoms with E-state index in [0.29, 0.717) is 17.0 Å². The number of nitrogens with one attached hydrogen (secondary N) is 1. The lowest BCUT2D eigenvalue weighted by Crippen LogP contribution is -2.47. The van der Waals surface area contributed by atoms with Gasteiger partial charge >= 0.3 is 0 Å². The van der Waals surface area contributed by atoms with Crippen molar-refractivity contribution in [1.29, 1.82) is 0 Å². The van der Waals surface area contributed by atoms with Crippen LogP contribution >= 0.6 is 11.6 Å². The van der Waals surface area contributed by atoms with Gasteiger partial charge in [-0.3, -0.25) is 4.79 Å². The van der Waals surface area contributed by atoms with E-state index in [1.165, 1.54) is 43.5 Å². The van der Waals surface area contributed by atoms with E-state index in [-0.39, 0.29) is 23.8 Å². The first-order valence-corrected chi connectivity index (χ1v) is 10.4. The van der Waals surface area contributed by atoms with Crippen molar-refractivity contribution in [3.05, 3.63) is 29.3 Å². The van der Waals surface area contributed by atoms with Crippen LogP contribution < -0.4 is 4.72 Å². The third kappa shape index (κ3) is 3.92. The van der Waals surface area contributed by atoms with Gasteiger partial charge in [0, 0.05) is 30.6 Å². The van der Waals surface area contributed by atoms with Crippen LogP contribution in [-0.4, -0.2) is 38.4 Å². The van der Waals surface area contributed by atoms with Crippen LogP contribution in [-0.2, 0) is 14.8 Å². The number of piperidine rings is 1. The molecule has 0 unspecified atom stereocenters. The first kappa shape index (κ1) is 17.7.